The van der Waals surface area contributed by atoms with Gasteiger partial charge in [0.15, 0.2) is 23.0 Å². The number of aliphatic hydroxyl groups is 2. The number of hydrogen-bond donors (Lipinski definition) is 2. The van der Waals surface area contributed by atoms with Crippen LogP contribution >= 0.6 is 0 Å². The molecule has 0 aromatic heterocycles. The van der Waals surface area contributed by atoms with Crippen LogP contribution in [-0.2, 0) is 19.1 Å². The fourth-order valence-corrected chi connectivity index (χ4v) is 9.15. The van der Waals surface area contributed by atoms with Crippen LogP contribution in [0.3, 0.4) is 0 Å². The summed E-state index contributed by atoms with van der Waals surface area (Å²) in [5, 5.41) is 20.8. The van der Waals surface area contributed by atoms with Crippen LogP contribution in [0.15, 0.2) is 24.3 Å². The van der Waals surface area contributed by atoms with Crippen molar-refractivity contribution < 1.29 is 57.8 Å². The normalized spacial score (nSPS) is 21.9. The van der Waals surface area contributed by atoms with Gasteiger partial charge in [-0.2, -0.15) is 0 Å². The highest BCUT2D eigenvalue weighted by atomic mass is 28.3. The molecule has 4 amide bonds. The Hall–Kier alpha value is -4.21. The second-order valence-corrected chi connectivity index (χ2v) is 29.3. The molecule has 2 fully saturated rings. The minimum absolute atomic E-state index is 0.0504. The van der Waals surface area contributed by atoms with Crippen molar-refractivity contribution in [1.29, 1.82) is 0 Å². The summed E-state index contributed by atoms with van der Waals surface area (Å²) in [5.41, 5.74) is 1.17. The predicted octanol–water partition coefficient (Wildman–Crippen LogP) is 4.02. The Bertz CT molecular complexity index is 1770. The Balaban J connectivity index is 1.18. The molecule has 0 saturated carbocycles. The highest BCUT2D eigenvalue weighted by molar-refractivity contribution is 6.76. The van der Waals surface area contributed by atoms with Gasteiger partial charge in [-0.3, -0.25) is 29.0 Å². The van der Waals surface area contributed by atoms with Gasteiger partial charge in [0.05, 0.1) is 62.1 Å². The van der Waals surface area contributed by atoms with Crippen LogP contribution in [0.2, 0.25) is 51.4 Å². The molecule has 4 heterocycles. The maximum Gasteiger partial charge on any atom is 0.256 e. The average molecular weight is 857 g/mol. The molecule has 6 rings (SSSR count). The van der Waals surface area contributed by atoms with E-state index in [4.69, 9.17) is 28.4 Å². The Labute approximate surface area is 348 Å². The topological polar surface area (TPSA) is 177 Å². The number of carbonyl (C=O) groups excluding carboxylic acids is 4. The molecule has 2 saturated heterocycles. The van der Waals surface area contributed by atoms with E-state index >= 15 is 0 Å². The highest BCUT2D eigenvalue weighted by Gasteiger charge is 2.47. The molecule has 0 radical (unpaired) electrons. The molecule has 16 nitrogen and oxygen atoms in total. The fourth-order valence-electron chi connectivity index (χ4n) is 7.64. The van der Waals surface area contributed by atoms with Crippen LogP contribution in [0.4, 0.5) is 11.4 Å². The summed E-state index contributed by atoms with van der Waals surface area (Å²) in [7, 11) is 0.117. The number of carbonyl (C=O) groups is 4. The minimum atomic E-state index is -1.41. The average Bonchev–Trinajstić information content (AvgIpc) is 3.74. The number of anilines is 2. The van der Waals surface area contributed by atoms with Crippen LogP contribution in [0.1, 0.15) is 40.0 Å². The van der Waals surface area contributed by atoms with E-state index in [1.165, 1.54) is 33.8 Å². The van der Waals surface area contributed by atoms with Gasteiger partial charge in [-0.1, -0.05) is 39.3 Å². The Kier molecular flexibility index (Phi) is 13.7. The van der Waals surface area contributed by atoms with Gasteiger partial charge in [0, 0.05) is 73.8 Å². The number of ether oxygens (including phenoxy) is 6. The molecule has 0 spiro atoms. The summed E-state index contributed by atoms with van der Waals surface area (Å²) in [5.74, 6) is -0.211. The van der Waals surface area contributed by atoms with Gasteiger partial charge in [0.1, 0.15) is 25.5 Å². The van der Waals surface area contributed by atoms with Crippen molar-refractivity contribution in [3.05, 3.63) is 35.4 Å². The zero-order valence-electron chi connectivity index (χ0n) is 35.6. The lowest BCUT2D eigenvalue weighted by molar-refractivity contribution is -0.124. The number of fused-ring (bicyclic) bond motifs is 4. The lowest BCUT2D eigenvalue weighted by Crippen LogP contribution is -2.45. The second-order valence-electron chi connectivity index (χ2n) is 18.0. The van der Waals surface area contributed by atoms with Crippen molar-refractivity contribution in [3.63, 3.8) is 0 Å². The number of hydrogen-bond acceptors (Lipinski definition) is 12. The predicted molar refractivity (Wildman–Crippen MR) is 225 cm³/mol. The van der Waals surface area contributed by atoms with Crippen LogP contribution in [0, 0.1) is 0 Å². The minimum Gasteiger partial charge on any atom is -0.493 e. The first-order valence-corrected chi connectivity index (χ1v) is 27.8. The molecule has 18 heteroatoms. The Morgan fingerprint density at radius 2 is 0.983 bits per heavy atom. The van der Waals surface area contributed by atoms with E-state index in [0.29, 0.717) is 54.0 Å². The third-order valence-corrected chi connectivity index (χ3v) is 14.4. The first-order valence-electron chi connectivity index (χ1n) is 20.4. The molecule has 4 aliphatic heterocycles. The van der Waals surface area contributed by atoms with Crippen molar-refractivity contribution in [2.24, 2.45) is 0 Å². The van der Waals surface area contributed by atoms with Crippen molar-refractivity contribution in [3.8, 4) is 23.0 Å². The van der Waals surface area contributed by atoms with Gasteiger partial charge in [0.2, 0.25) is 0 Å². The summed E-state index contributed by atoms with van der Waals surface area (Å²) in [6.07, 6.45) is -0.960. The molecule has 2 aromatic rings. The molecule has 324 valence electrons. The third-order valence-electron chi connectivity index (χ3n) is 11.0. The van der Waals surface area contributed by atoms with Crippen molar-refractivity contribution in [1.82, 2.24) is 9.80 Å². The summed E-state index contributed by atoms with van der Waals surface area (Å²) in [4.78, 5) is 61.3. The first-order chi connectivity index (χ1) is 27.9. The fraction of sp³-hybridized carbons (Fsp3) is 0.610. The SMILES string of the molecule is COc1cc2c(cc1OCCCOc1cc3c(cc1OC)C(=O)N1CC(O)C[C@H]1C(=O)N3COCC[Si](C)(C)C)N(COCC[Si](C)(C)C)C(=O)[C@@H]1CC(O)CN1C2=O. The summed E-state index contributed by atoms with van der Waals surface area (Å²) >= 11 is 0. The number of methoxy groups -OCH3 is 2. The summed E-state index contributed by atoms with van der Waals surface area (Å²) in [6.45, 7) is 14.7. The maximum absolute atomic E-state index is 13.9. The van der Waals surface area contributed by atoms with Gasteiger partial charge in [-0.05, 0) is 24.2 Å². The number of amides is 4. The molecular formula is C41H60N4O12Si2. The van der Waals surface area contributed by atoms with E-state index in [-0.39, 0.29) is 87.4 Å². The van der Waals surface area contributed by atoms with Crippen LogP contribution in [0.5, 0.6) is 23.0 Å². The van der Waals surface area contributed by atoms with Crippen LogP contribution < -0.4 is 28.7 Å². The molecule has 0 bridgehead atoms. The van der Waals surface area contributed by atoms with E-state index in [0.717, 1.165) is 12.1 Å². The molecule has 2 N–H and O–H groups in total. The largest absolute Gasteiger partial charge is 0.493 e. The molecule has 0 aliphatic carbocycles. The smallest absolute Gasteiger partial charge is 0.256 e. The number of benzene rings is 2. The lowest BCUT2D eigenvalue weighted by Gasteiger charge is -2.26. The van der Waals surface area contributed by atoms with E-state index in [1.807, 2.05) is 0 Å². The molecule has 4 atom stereocenters. The standard InChI is InChI=1S/C41H60N4O12Si2/c1-52-34-18-28-30(44(24-54-12-14-58(3,4)5)40(50)32-16-26(46)22-42(32)38(28)48)20-36(34)56-10-9-11-57-37-21-31-29(19-35(37)53-2)39(49)43-23-27(47)17-33(43)41(51)45(31)25-55-13-15-59(6,7)8/h18-21,26-27,32-33,46-47H,9-17,22-25H2,1-8H3/t26?,27?,32-,33-/m0/s1. The van der Waals surface area contributed by atoms with Crippen molar-refractivity contribution >= 4 is 51.2 Å². The summed E-state index contributed by atoms with van der Waals surface area (Å²) in [6, 6.07) is 6.54. The zero-order chi connectivity index (χ0) is 42.8. The molecule has 4 aliphatic rings. The monoisotopic (exact) mass is 856 g/mol. The van der Waals surface area contributed by atoms with Crippen LogP contribution in [0.25, 0.3) is 0 Å². The number of nitrogens with zero attached hydrogens (tertiary/aromatic N) is 4. The second kappa shape index (κ2) is 18.2. The molecule has 2 aromatic carbocycles. The van der Waals surface area contributed by atoms with Crippen molar-refractivity contribution in [2.45, 2.75) is 94.9 Å². The van der Waals surface area contributed by atoms with Crippen molar-refractivity contribution in [2.75, 3.05) is 77.0 Å². The van der Waals surface area contributed by atoms with Gasteiger partial charge < -0.3 is 48.4 Å². The molecule has 2 unspecified atom stereocenters. The molecular weight excluding hydrogens is 797 g/mol. The van der Waals surface area contributed by atoms with Gasteiger partial charge >= 0.3 is 0 Å². The van der Waals surface area contributed by atoms with Gasteiger partial charge in [-0.15, -0.1) is 0 Å². The highest BCUT2D eigenvalue weighted by Crippen LogP contribution is 2.42. The van der Waals surface area contributed by atoms with Gasteiger partial charge in [-0.25, -0.2) is 0 Å². The maximum atomic E-state index is 13.9. The van der Waals surface area contributed by atoms with Crippen LogP contribution in [-0.4, -0.2) is 151 Å². The van der Waals surface area contributed by atoms with E-state index in [9.17, 15) is 29.4 Å². The lowest BCUT2D eigenvalue weighted by atomic mass is 10.1. The number of aliphatic hydroxyl groups excluding tert-OH is 2. The Morgan fingerprint density at radius 1 is 0.593 bits per heavy atom. The molecule has 59 heavy (non-hydrogen) atoms. The zero-order valence-corrected chi connectivity index (χ0v) is 37.6. The summed E-state index contributed by atoms with van der Waals surface area (Å²) < 4.78 is 35.8. The van der Waals surface area contributed by atoms with E-state index < -0.39 is 40.4 Å². The quantitative estimate of drug-likeness (QED) is 0.163. The third kappa shape index (κ3) is 10.1. The Morgan fingerprint density at radius 3 is 1.34 bits per heavy atom. The van der Waals surface area contributed by atoms with Gasteiger partial charge in [0.25, 0.3) is 23.6 Å². The number of rotatable bonds is 18. The van der Waals surface area contributed by atoms with E-state index in [2.05, 4.69) is 39.3 Å². The van der Waals surface area contributed by atoms with E-state index in [1.54, 1.807) is 24.3 Å². The first kappa shape index (κ1) is 44.3.